The molecule has 0 rings (SSSR count). The Kier molecular flexibility index (Phi) is 49.1. The van der Waals surface area contributed by atoms with Gasteiger partial charge in [0.15, 0.2) is 6.10 Å². The number of quaternary nitrogens is 1. The predicted octanol–water partition coefficient (Wildman–Crippen LogP) is 16.8. The lowest BCUT2D eigenvalue weighted by Gasteiger charge is -2.28. The normalized spacial score (nSPS) is 14.0. The number of esters is 2. The highest BCUT2D eigenvalue weighted by Gasteiger charge is 2.21. The molecule has 0 heterocycles. The Morgan fingerprint density at radius 1 is 0.457 bits per heavy atom. The summed E-state index contributed by atoms with van der Waals surface area (Å²) in [6, 6.07) is 0. The minimum Gasteiger partial charge on any atom is -0.756 e. The Balaban J connectivity index is 4.26. The van der Waals surface area contributed by atoms with Crippen molar-refractivity contribution >= 4 is 19.8 Å². The maximum Gasteiger partial charge on any atom is 0.306 e. The quantitative estimate of drug-likeness (QED) is 0.0195. The van der Waals surface area contributed by atoms with E-state index < -0.39 is 32.5 Å². The summed E-state index contributed by atoms with van der Waals surface area (Å²) in [7, 11) is 1.14. The number of likely N-dealkylation sites (N-methyl/N-ethyl adjacent to an activating group) is 1. The van der Waals surface area contributed by atoms with Crippen LogP contribution in [0.25, 0.3) is 0 Å². The molecule has 0 amide bonds. The summed E-state index contributed by atoms with van der Waals surface area (Å²) in [6.07, 6.45) is 67.6. The third-order valence-electron chi connectivity index (χ3n) is 11.9. The molecule has 0 saturated heterocycles. The largest absolute Gasteiger partial charge is 0.756 e. The van der Waals surface area contributed by atoms with Gasteiger partial charge in [0.2, 0.25) is 0 Å². The maximum atomic E-state index is 12.8. The van der Waals surface area contributed by atoms with Crippen molar-refractivity contribution in [2.75, 3.05) is 47.5 Å². The molecule has 0 aromatic carbocycles. The van der Waals surface area contributed by atoms with Crippen LogP contribution in [0.1, 0.15) is 232 Å². The predicted molar refractivity (Wildman–Crippen MR) is 296 cm³/mol. The van der Waals surface area contributed by atoms with Crippen molar-refractivity contribution in [3.05, 3.63) is 85.1 Å². The average Bonchev–Trinajstić information content (AvgIpc) is 3.32. The minimum absolute atomic E-state index is 0.0401. The van der Waals surface area contributed by atoms with E-state index in [2.05, 4.69) is 98.9 Å². The van der Waals surface area contributed by atoms with Gasteiger partial charge in [0.05, 0.1) is 27.7 Å². The fraction of sp³-hybridized carbons (Fsp3) is 0.733. The topological polar surface area (TPSA) is 111 Å². The van der Waals surface area contributed by atoms with Gasteiger partial charge in [0.1, 0.15) is 19.8 Å². The molecule has 10 heteroatoms. The van der Waals surface area contributed by atoms with Crippen LogP contribution in [-0.4, -0.2) is 70.0 Å². The highest BCUT2D eigenvalue weighted by molar-refractivity contribution is 7.45. The number of carbonyl (C=O) groups excluding carboxylic acids is 2. The van der Waals surface area contributed by atoms with Gasteiger partial charge in [-0.25, -0.2) is 0 Å². The maximum absolute atomic E-state index is 12.8. The molecule has 70 heavy (non-hydrogen) atoms. The van der Waals surface area contributed by atoms with Crippen molar-refractivity contribution in [3.8, 4) is 0 Å². The summed E-state index contributed by atoms with van der Waals surface area (Å²) in [4.78, 5) is 37.8. The number of phosphoric ester groups is 1. The first-order chi connectivity index (χ1) is 34.0. The number of allylic oxidation sites excluding steroid dienone is 14. The molecule has 404 valence electrons. The summed E-state index contributed by atoms with van der Waals surface area (Å²) in [5.41, 5.74) is 0. The van der Waals surface area contributed by atoms with E-state index in [4.69, 9.17) is 18.5 Å². The highest BCUT2D eigenvalue weighted by Crippen LogP contribution is 2.38. The third kappa shape index (κ3) is 54.5. The van der Waals surface area contributed by atoms with Crippen molar-refractivity contribution in [2.24, 2.45) is 0 Å². The molecule has 0 aliphatic carbocycles. The summed E-state index contributed by atoms with van der Waals surface area (Å²) in [5.74, 6) is -0.864. The minimum atomic E-state index is -4.65. The number of carbonyl (C=O) groups is 2. The van der Waals surface area contributed by atoms with Gasteiger partial charge in [-0.1, -0.05) is 214 Å². The zero-order chi connectivity index (χ0) is 51.3. The molecule has 0 aromatic heterocycles. The van der Waals surface area contributed by atoms with Gasteiger partial charge >= 0.3 is 11.9 Å². The first-order valence-electron chi connectivity index (χ1n) is 28.3. The second kappa shape index (κ2) is 51.1. The van der Waals surface area contributed by atoms with Crippen LogP contribution >= 0.6 is 7.82 Å². The second-order valence-electron chi connectivity index (χ2n) is 19.9. The van der Waals surface area contributed by atoms with E-state index in [0.717, 1.165) is 83.5 Å². The summed E-state index contributed by atoms with van der Waals surface area (Å²) >= 11 is 0. The van der Waals surface area contributed by atoms with Crippen molar-refractivity contribution in [1.29, 1.82) is 0 Å². The molecular formula is C60H106NO8P. The molecule has 0 bridgehead atoms. The highest BCUT2D eigenvalue weighted by atomic mass is 31.2. The number of nitrogens with zero attached hydrogens (tertiary/aromatic N) is 1. The van der Waals surface area contributed by atoms with Crippen molar-refractivity contribution < 1.29 is 42.1 Å². The van der Waals surface area contributed by atoms with E-state index in [1.807, 2.05) is 21.1 Å². The zero-order valence-corrected chi connectivity index (χ0v) is 46.6. The Morgan fingerprint density at radius 3 is 1.23 bits per heavy atom. The van der Waals surface area contributed by atoms with Crippen molar-refractivity contribution in [3.63, 3.8) is 0 Å². The number of rotatable bonds is 51. The van der Waals surface area contributed by atoms with Crippen LogP contribution in [0.3, 0.4) is 0 Å². The molecule has 0 aliphatic heterocycles. The van der Waals surface area contributed by atoms with E-state index in [9.17, 15) is 19.0 Å². The van der Waals surface area contributed by atoms with Crippen LogP contribution in [0, 0.1) is 0 Å². The Labute approximate surface area is 431 Å². The SMILES string of the molecule is CC/C=C\C/C=C\C/C=C\C/C=C\C/C=C\C/C=C\CCCCCCC(=O)OC(COC(=O)CCCCCCCCCCCCC/C=C\CCCCCCCCCC)COP(=O)([O-])OCC[N+](C)(C)C. The second-order valence-corrected chi connectivity index (χ2v) is 21.3. The van der Waals surface area contributed by atoms with Gasteiger partial charge in [-0.05, 0) is 89.9 Å². The van der Waals surface area contributed by atoms with Crippen LogP contribution in [0.2, 0.25) is 0 Å². The van der Waals surface area contributed by atoms with Gasteiger partial charge in [-0.2, -0.15) is 0 Å². The van der Waals surface area contributed by atoms with Gasteiger partial charge in [-0.3, -0.25) is 14.2 Å². The lowest BCUT2D eigenvalue weighted by atomic mass is 10.0. The van der Waals surface area contributed by atoms with Crippen LogP contribution in [0.5, 0.6) is 0 Å². The van der Waals surface area contributed by atoms with E-state index in [1.54, 1.807) is 0 Å². The van der Waals surface area contributed by atoms with Gasteiger partial charge in [0, 0.05) is 12.8 Å². The molecule has 0 fully saturated rings. The molecule has 2 atom stereocenters. The fourth-order valence-corrected chi connectivity index (χ4v) is 8.26. The summed E-state index contributed by atoms with van der Waals surface area (Å²) < 4.78 is 34.1. The molecule has 0 aromatic rings. The van der Waals surface area contributed by atoms with E-state index in [-0.39, 0.29) is 26.1 Å². The van der Waals surface area contributed by atoms with Crippen LogP contribution < -0.4 is 4.89 Å². The lowest BCUT2D eigenvalue weighted by Crippen LogP contribution is -2.37. The zero-order valence-electron chi connectivity index (χ0n) is 45.7. The average molecular weight is 1000 g/mol. The first kappa shape index (κ1) is 67.2. The van der Waals surface area contributed by atoms with Gasteiger partial charge in [-0.15, -0.1) is 0 Å². The Bertz CT molecular complexity index is 1460. The van der Waals surface area contributed by atoms with Gasteiger partial charge in [0.25, 0.3) is 7.82 Å². The Hall–Kier alpha value is -2.81. The summed E-state index contributed by atoms with van der Waals surface area (Å²) in [5, 5.41) is 0. The smallest absolute Gasteiger partial charge is 0.306 e. The van der Waals surface area contributed by atoms with E-state index >= 15 is 0 Å². The molecule has 2 unspecified atom stereocenters. The number of ether oxygens (including phenoxy) is 2. The van der Waals surface area contributed by atoms with Crippen LogP contribution in [0.15, 0.2) is 85.1 Å². The van der Waals surface area contributed by atoms with E-state index in [1.165, 1.54) is 116 Å². The van der Waals surface area contributed by atoms with E-state index in [0.29, 0.717) is 17.4 Å². The third-order valence-corrected chi connectivity index (χ3v) is 12.9. The van der Waals surface area contributed by atoms with Crippen molar-refractivity contribution in [2.45, 2.75) is 238 Å². The fourth-order valence-electron chi connectivity index (χ4n) is 7.54. The number of hydrogen-bond acceptors (Lipinski definition) is 8. The Morgan fingerprint density at radius 2 is 0.814 bits per heavy atom. The number of unbranched alkanes of at least 4 members (excludes halogenated alkanes) is 23. The molecule has 0 radical (unpaired) electrons. The summed E-state index contributed by atoms with van der Waals surface area (Å²) in [6.45, 7) is 4.10. The van der Waals surface area contributed by atoms with Gasteiger partial charge < -0.3 is 27.9 Å². The molecule has 0 spiro atoms. The molecular weight excluding hydrogens is 894 g/mol. The molecule has 9 nitrogen and oxygen atoms in total. The number of hydrogen-bond donors (Lipinski definition) is 0. The van der Waals surface area contributed by atoms with Crippen molar-refractivity contribution in [1.82, 2.24) is 0 Å². The van der Waals surface area contributed by atoms with Crippen LogP contribution in [0.4, 0.5) is 0 Å². The molecule has 0 aliphatic rings. The first-order valence-corrected chi connectivity index (χ1v) is 29.8. The lowest BCUT2D eigenvalue weighted by molar-refractivity contribution is -0.870. The number of phosphoric acid groups is 1. The monoisotopic (exact) mass is 1000 g/mol. The molecule has 0 saturated carbocycles. The molecule has 0 N–H and O–H groups in total. The standard InChI is InChI=1S/C60H106NO8P/c1-6-8-10-12-14-16-18-20-22-24-26-28-30-32-34-36-38-40-42-44-46-48-50-52-59(62)66-56-58(57-68-70(64,65)67-55-54-61(3,4)5)69-60(63)53-51-49-47-45-43-41-39-37-35-33-31-29-27-25-23-21-19-17-15-13-11-9-7-2/h9,11,15,17,21,23-24,26-27,29,33,35,39,41,58H,6-8,10,12-14,16,18-20,22,25,28,30-32,34,36-38,40,42-57H2,1-5H3/b11-9-,17-15-,23-21-,26-24-,29-27-,35-33-,41-39-. The van der Waals surface area contributed by atoms with Crippen LogP contribution in [-0.2, 0) is 32.7 Å².